The number of nitrogens with one attached hydrogen (secondary N) is 1. The van der Waals surface area contributed by atoms with Crippen LogP contribution in [-0.4, -0.2) is 50.6 Å². The quantitative estimate of drug-likeness (QED) is 0.573. The van der Waals surface area contributed by atoms with Gasteiger partial charge in [0.25, 0.3) is 0 Å². The van der Waals surface area contributed by atoms with Gasteiger partial charge in [-0.15, -0.1) is 10.2 Å². The molecular weight excluding hydrogens is 456 g/mol. The second kappa shape index (κ2) is 9.20. The zero-order valence-electron chi connectivity index (χ0n) is 18.6. The fourth-order valence-corrected chi connectivity index (χ4v) is 4.99. The first kappa shape index (κ1) is 23.3. The largest absolute Gasteiger partial charge is 0.367 e. The SMILES string of the molecule is CC(C)O[C@@H](c1ncc(Cl)cn1)[C@H](C)S(=O)(=O)Nc1nnc([C@H]2CC[C@@H](C)O2)n1C1CC1. The molecule has 1 saturated heterocycles. The molecule has 10 nitrogen and oxygen atoms in total. The molecule has 0 spiro atoms. The Hall–Kier alpha value is -1.82. The summed E-state index contributed by atoms with van der Waals surface area (Å²) in [5.41, 5.74) is 0. The van der Waals surface area contributed by atoms with Gasteiger partial charge in [0.1, 0.15) is 17.5 Å². The van der Waals surface area contributed by atoms with E-state index in [1.165, 1.54) is 12.4 Å². The molecule has 3 heterocycles. The van der Waals surface area contributed by atoms with Crippen molar-refractivity contribution in [1.82, 2.24) is 24.7 Å². The maximum atomic E-state index is 13.4. The summed E-state index contributed by atoms with van der Waals surface area (Å²) in [6.07, 6.45) is 5.39. The van der Waals surface area contributed by atoms with Gasteiger partial charge >= 0.3 is 0 Å². The van der Waals surface area contributed by atoms with Crippen LogP contribution in [0, 0.1) is 0 Å². The van der Waals surface area contributed by atoms with E-state index in [1.54, 1.807) is 6.92 Å². The maximum Gasteiger partial charge on any atom is 0.240 e. The monoisotopic (exact) mass is 484 g/mol. The lowest BCUT2D eigenvalue weighted by Gasteiger charge is -2.25. The van der Waals surface area contributed by atoms with Crippen molar-refractivity contribution in [2.75, 3.05) is 4.72 Å². The number of ether oxygens (including phenoxy) is 2. The molecule has 0 bridgehead atoms. The molecule has 1 aliphatic heterocycles. The summed E-state index contributed by atoms with van der Waals surface area (Å²) in [4.78, 5) is 8.37. The number of anilines is 1. The molecule has 1 N–H and O–H groups in total. The standard InChI is InChI=1S/C20H29ClN6O4S/c1-11(2)30-17(18-22-9-14(21)10-23-18)13(4)32(28,29)26-20-25-24-19(27(20)15-6-7-15)16-8-5-12(3)31-16/h9-13,15-17H,5-8H2,1-4H3,(H,25,26)/t12-,13+,16-,17-/m1/s1. The Kier molecular flexibility index (Phi) is 6.71. The number of sulfonamides is 1. The number of aromatic nitrogens is 5. The van der Waals surface area contributed by atoms with E-state index in [0.29, 0.717) is 10.8 Å². The van der Waals surface area contributed by atoms with E-state index < -0.39 is 21.4 Å². The van der Waals surface area contributed by atoms with E-state index in [4.69, 9.17) is 21.1 Å². The Labute approximate surface area is 193 Å². The molecule has 0 amide bonds. The van der Waals surface area contributed by atoms with E-state index in [9.17, 15) is 8.42 Å². The van der Waals surface area contributed by atoms with E-state index in [-0.39, 0.29) is 36.1 Å². The molecule has 4 atom stereocenters. The van der Waals surface area contributed by atoms with E-state index in [1.807, 2.05) is 25.3 Å². The highest BCUT2D eigenvalue weighted by atomic mass is 35.5. The van der Waals surface area contributed by atoms with Crippen LogP contribution in [0.5, 0.6) is 0 Å². The molecule has 1 saturated carbocycles. The van der Waals surface area contributed by atoms with Gasteiger partial charge in [0.05, 0.1) is 17.2 Å². The molecule has 4 rings (SSSR count). The van der Waals surface area contributed by atoms with Gasteiger partial charge in [-0.1, -0.05) is 11.6 Å². The first-order valence-electron chi connectivity index (χ1n) is 10.9. The highest BCUT2D eigenvalue weighted by molar-refractivity contribution is 7.93. The zero-order chi connectivity index (χ0) is 23.0. The highest BCUT2D eigenvalue weighted by Crippen LogP contribution is 2.42. The lowest BCUT2D eigenvalue weighted by atomic mass is 10.2. The lowest BCUT2D eigenvalue weighted by Crippen LogP contribution is -2.35. The zero-order valence-corrected chi connectivity index (χ0v) is 20.2. The van der Waals surface area contributed by atoms with Gasteiger partial charge in [0.2, 0.25) is 16.0 Å². The number of halogens is 1. The molecule has 2 aliphatic rings. The predicted molar refractivity (Wildman–Crippen MR) is 119 cm³/mol. The van der Waals surface area contributed by atoms with Crippen LogP contribution >= 0.6 is 11.6 Å². The van der Waals surface area contributed by atoms with Crippen LogP contribution < -0.4 is 4.72 Å². The topological polar surface area (TPSA) is 121 Å². The van der Waals surface area contributed by atoms with E-state index >= 15 is 0 Å². The minimum absolute atomic E-state index is 0.151. The molecule has 2 aromatic rings. The number of nitrogens with zero attached hydrogens (tertiary/aromatic N) is 5. The van der Waals surface area contributed by atoms with Gasteiger partial charge in [-0.2, -0.15) is 0 Å². The highest BCUT2D eigenvalue weighted by Gasteiger charge is 2.39. The third-order valence-electron chi connectivity index (χ3n) is 5.62. The van der Waals surface area contributed by atoms with E-state index in [2.05, 4.69) is 24.9 Å². The lowest BCUT2D eigenvalue weighted by molar-refractivity contribution is 0.00154. The summed E-state index contributed by atoms with van der Waals surface area (Å²) < 4.78 is 43.1. The van der Waals surface area contributed by atoms with Crippen molar-refractivity contribution in [2.24, 2.45) is 0 Å². The summed E-state index contributed by atoms with van der Waals surface area (Å²) >= 11 is 5.89. The Morgan fingerprint density at radius 3 is 2.41 bits per heavy atom. The molecule has 32 heavy (non-hydrogen) atoms. The van der Waals surface area contributed by atoms with Crippen molar-refractivity contribution in [3.05, 3.63) is 29.1 Å². The van der Waals surface area contributed by atoms with Gasteiger partial charge < -0.3 is 9.47 Å². The van der Waals surface area contributed by atoms with Crippen molar-refractivity contribution >= 4 is 27.6 Å². The van der Waals surface area contributed by atoms with Crippen molar-refractivity contribution in [3.63, 3.8) is 0 Å². The minimum Gasteiger partial charge on any atom is -0.367 e. The first-order chi connectivity index (χ1) is 15.2. The van der Waals surface area contributed by atoms with Crippen LogP contribution in [0.1, 0.15) is 83.3 Å². The third-order valence-corrected chi connectivity index (χ3v) is 7.51. The van der Waals surface area contributed by atoms with Crippen LogP contribution in [0.25, 0.3) is 0 Å². The Morgan fingerprint density at radius 2 is 1.84 bits per heavy atom. The normalized spacial score (nSPS) is 23.4. The van der Waals surface area contributed by atoms with E-state index in [0.717, 1.165) is 25.7 Å². The summed E-state index contributed by atoms with van der Waals surface area (Å²) in [6.45, 7) is 7.24. The van der Waals surface area contributed by atoms with Gasteiger partial charge in [0, 0.05) is 18.4 Å². The molecule has 0 radical (unpaired) electrons. The van der Waals surface area contributed by atoms with Crippen molar-refractivity contribution in [3.8, 4) is 0 Å². The Bertz CT molecular complexity index is 1040. The molecular formula is C20H29ClN6O4S. The molecule has 0 aromatic carbocycles. The van der Waals surface area contributed by atoms with Crippen molar-refractivity contribution in [1.29, 1.82) is 0 Å². The van der Waals surface area contributed by atoms with Crippen LogP contribution in [-0.2, 0) is 19.5 Å². The second-order valence-corrected chi connectivity index (χ2v) is 11.2. The second-order valence-electron chi connectivity index (χ2n) is 8.71. The molecule has 1 aliphatic carbocycles. The molecule has 0 unspecified atom stereocenters. The minimum atomic E-state index is -3.92. The average molecular weight is 485 g/mol. The maximum absolute atomic E-state index is 13.4. The third kappa shape index (κ3) is 5.05. The summed E-state index contributed by atoms with van der Waals surface area (Å²) in [5.74, 6) is 1.13. The fourth-order valence-electron chi connectivity index (χ4n) is 3.80. The summed E-state index contributed by atoms with van der Waals surface area (Å²) in [7, 11) is -3.92. The van der Waals surface area contributed by atoms with Crippen molar-refractivity contribution < 1.29 is 17.9 Å². The number of hydrogen-bond donors (Lipinski definition) is 1. The van der Waals surface area contributed by atoms with Gasteiger partial charge in [-0.05, 0) is 53.4 Å². The van der Waals surface area contributed by atoms with Crippen LogP contribution in [0.2, 0.25) is 5.02 Å². The van der Waals surface area contributed by atoms with Gasteiger partial charge in [0.15, 0.2) is 11.6 Å². The summed E-state index contributed by atoms with van der Waals surface area (Å²) in [6, 6.07) is 0.176. The molecule has 176 valence electrons. The predicted octanol–water partition coefficient (Wildman–Crippen LogP) is 3.59. The summed E-state index contributed by atoms with van der Waals surface area (Å²) in [5, 5.41) is 7.82. The van der Waals surface area contributed by atoms with Crippen LogP contribution in [0.4, 0.5) is 5.95 Å². The molecule has 2 aromatic heterocycles. The van der Waals surface area contributed by atoms with Gasteiger partial charge in [-0.25, -0.2) is 18.4 Å². The average Bonchev–Trinajstić information content (AvgIpc) is 3.35. The number of rotatable bonds is 9. The number of hydrogen-bond acceptors (Lipinski definition) is 8. The molecule has 12 heteroatoms. The smallest absolute Gasteiger partial charge is 0.240 e. The fraction of sp³-hybridized carbons (Fsp3) is 0.700. The Balaban J connectivity index is 1.60. The van der Waals surface area contributed by atoms with Crippen LogP contribution in [0.15, 0.2) is 12.4 Å². The Morgan fingerprint density at radius 1 is 1.16 bits per heavy atom. The first-order valence-corrected chi connectivity index (χ1v) is 12.8. The van der Waals surface area contributed by atoms with Crippen LogP contribution in [0.3, 0.4) is 0 Å². The van der Waals surface area contributed by atoms with Gasteiger partial charge in [-0.3, -0.25) is 9.29 Å². The van der Waals surface area contributed by atoms with Crippen molar-refractivity contribution in [2.45, 2.75) is 89.1 Å². The molecule has 2 fully saturated rings.